The molecule has 0 N–H and O–H groups in total. The first-order valence-electron chi connectivity index (χ1n) is 9.95. The van der Waals surface area contributed by atoms with Gasteiger partial charge >= 0.3 is 0 Å². The molecule has 2 aromatic carbocycles. The van der Waals surface area contributed by atoms with Gasteiger partial charge in [-0.05, 0) is 50.2 Å². The Morgan fingerprint density at radius 2 is 1.69 bits per heavy atom. The zero-order chi connectivity index (χ0) is 22.8. The molecule has 0 aliphatic heterocycles. The second-order valence-electron chi connectivity index (χ2n) is 7.20. The van der Waals surface area contributed by atoms with Crippen molar-refractivity contribution in [2.45, 2.75) is 18.7 Å². The molecule has 0 spiro atoms. The lowest BCUT2D eigenvalue weighted by Crippen LogP contribution is -2.22. The van der Waals surface area contributed by atoms with Crippen molar-refractivity contribution in [1.82, 2.24) is 8.87 Å². The molecule has 6 nitrogen and oxygen atoms in total. The molecule has 0 bridgehead atoms. The van der Waals surface area contributed by atoms with Crippen LogP contribution in [0.2, 0.25) is 5.02 Å². The third-order valence-corrected chi connectivity index (χ3v) is 8.33. The van der Waals surface area contributed by atoms with Crippen LogP contribution in [0, 0.1) is 0 Å². The highest BCUT2D eigenvalue weighted by atomic mass is 79.9. The lowest BCUT2D eigenvalue weighted by atomic mass is 10.2. The van der Waals surface area contributed by atoms with Gasteiger partial charge < -0.3 is 9.47 Å². The second kappa shape index (κ2) is 11.0. The highest BCUT2D eigenvalue weighted by Crippen LogP contribution is 2.30. The summed E-state index contributed by atoms with van der Waals surface area (Å²) in [7, 11) is 1.26. The summed E-state index contributed by atoms with van der Waals surface area (Å²) in [6, 6.07) is 13.2. The van der Waals surface area contributed by atoms with Crippen LogP contribution in [0.3, 0.4) is 0 Å². The van der Waals surface area contributed by atoms with Crippen LogP contribution in [0.15, 0.2) is 57.7 Å². The van der Waals surface area contributed by atoms with Gasteiger partial charge in [-0.25, -0.2) is 17.7 Å². The smallest absolute Gasteiger partial charge is 0.244 e. The molecule has 1 aromatic heterocycles. The molecular weight excluding hydrogens is 532 g/mol. The molecule has 0 fully saturated rings. The van der Waals surface area contributed by atoms with Gasteiger partial charge in [-0.2, -0.15) is 0 Å². The molecule has 3 aromatic rings. The summed E-state index contributed by atoms with van der Waals surface area (Å²) in [6.07, 6.45) is 0. The molecule has 0 saturated heterocycles. The zero-order valence-electron chi connectivity index (χ0n) is 18.7. The number of rotatable bonds is 7. The average Bonchev–Trinajstić information content (AvgIpc) is 3.10. The first-order valence-corrected chi connectivity index (χ1v) is 12.7. The van der Waals surface area contributed by atoms with E-state index < -0.39 is 10.0 Å². The Kier molecular flexibility index (Phi) is 9.13. The maximum atomic E-state index is 12.6. The van der Waals surface area contributed by atoms with Crippen molar-refractivity contribution in [3.8, 4) is 11.3 Å². The van der Waals surface area contributed by atoms with Crippen molar-refractivity contribution < 1.29 is 8.42 Å². The van der Waals surface area contributed by atoms with Crippen molar-refractivity contribution in [1.29, 1.82) is 0 Å². The molecule has 3 rings (SSSR count). The molecule has 0 aliphatic rings. The Balaban J connectivity index is 0.00000363. The number of hydrogen-bond acceptors (Lipinski definition) is 5. The fourth-order valence-electron chi connectivity index (χ4n) is 3.23. The van der Waals surface area contributed by atoms with Crippen LogP contribution in [-0.2, 0) is 17.1 Å². The predicted octanol–water partition coefficient (Wildman–Crippen LogP) is 5.31. The van der Waals surface area contributed by atoms with Gasteiger partial charge in [0.2, 0.25) is 10.0 Å². The number of benzene rings is 2. The van der Waals surface area contributed by atoms with Crippen LogP contribution in [0.25, 0.3) is 11.3 Å². The van der Waals surface area contributed by atoms with Gasteiger partial charge in [0.15, 0.2) is 4.80 Å². The molecule has 174 valence electrons. The SMILES string of the molecule is Br.CCN(CC)c1ccc(/N=c2/scc(-c3ccc(Cl)c(S(=O)(=O)N(C)C)c3)n2C)cc1. The maximum Gasteiger partial charge on any atom is 0.244 e. The van der Waals surface area contributed by atoms with Gasteiger partial charge in [0.05, 0.1) is 16.4 Å². The van der Waals surface area contributed by atoms with Crippen LogP contribution in [0.1, 0.15) is 13.8 Å². The molecule has 0 amide bonds. The number of sulfonamides is 1. The van der Waals surface area contributed by atoms with Crippen LogP contribution in [0.4, 0.5) is 11.4 Å². The van der Waals surface area contributed by atoms with Gasteiger partial charge in [-0.1, -0.05) is 17.7 Å². The van der Waals surface area contributed by atoms with E-state index in [0.29, 0.717) is 0 Å². The normalized spacial score (nSPS) is 12.2. The molecule has 0 atom stereocenters. The molecule has 32 heavy (non-hydrogen) atoms. The van der Waals surface area contributed by atoms with Gasteiger partial charge in [-0.15, -0.1) is 28.3 Å². The van der Waals surface area contributed by atoms with Gasteiger partial charge in [0, 0.05) is 50.9 Å². The monoisotopic (exact) mass is 558 g/mol. The Morgan fingerprint density at radius 3 is 2.25 bits per heavy atom. The minimum absolute atomic E-state index is 0. The number of hydrogen-bond donors (Lipinski definition) is 0. The van der Waals surface area contributed by atoms with Crippen molar-refractivity contribution in [2.75, 3.05) is 32.1 Å². The molecule has 1 heterocycles. The summed E-state index contributed by atoms with van der Waals surface area (Å²) < 4.78 is 28.3. The summed E-state index contributed by atoms with van der Waals surface area (Å²) in [5, 5.41) is 2.17. The first-order chi connectivity index (χ1) is 14.7. The van der Waals surface area contributed by atoms with Crippen LogP contribution >= 0.6 is 39.9 Å². The topological polar surface area (TPSA) is 57.9 Å². The van der Waals surface area contributed by atoms with Crippen molar-refractivity contribution >= 4 is 61.3 Å². The Morgan fingerprint density at radius 1 is 1.06 bits per heavy atom. The Bertz CT molecular complexity index is 1230. The summed E-state index contributed by atoms with van der Waals surface area (Å²) in [6.45, 7) is 6.20. The van der Waals surface area contributed by atoms with E-state index in [0.717, 1.165) is 39.1 Å². The predicted molar refractivity (Wildman–Crippen MR) is 140 cm³/mol. The molecular formula is C22H28BrClN4O2S2. The number of aromatic nitrogens is 1. The molecule has 0 radical (unpaired) electrons. The molecule has 0 saturated carbocycles. The lowest BCUT2D eigenvalue weighted by Gasteiger charge is -2.20. The maximum absolute atomic E-state index is 12.6. The first kappa shape index (κ1) is 26.6. The summed E-state index contributed by atoms with van der Waals surface area (Å²) >= 11 is 7.69. The fourth-order valence-corrected chi connectivity index (χ4v) is 5.55. The summed E-state index contributed by atoms with van der Waals surface area (Å²) in [5.74, 6) is 0. The highest BCUT2D eigenvalue weighted by Gasteiger charge is 2.22. The standard InChI is InChI=1S/C22H27ClN4O2S2.BrH/c1-6-27(7-2)18-11-9-17(10-12-18)24-22-26(5)20(15-30-22)16-8-13-19(23)21(14-16)31(28,29)25(3)4;/h8-15H,6-7H2,1-5H3;1H/b24-22+;. The van der Waals surface area contributed by atoms with Crippen LogP contribution in [-0.4, -0.2) is 44.5 Å². The van der Waals surface area contributed by atoms with E-state index in [1.165, 1.54) is 31.1 Å². The zero-order valence-corrected chi connectivity index (χ0v) is 22.8. The van der Waals surface area contributed by atoms with E-state index >= 15 is 0 Å². The van der Waals surface area contributed by atoms with Crippen molar-refractivity contribution in [2.24, 2.45) is 12.0 Å². The minimum atomic E-state index is -3.64. The summed E-state index contributed by atoms with van der Waals surface area (Å²) in [5.41, 5.74) is 3.68. The number of thiazole rings is 1. The Labute approximate surface area is 209 Å². The third kappa shape index (κ3) is 5.46. The summed E-state index contributed by atoms with van der Waals surface area (Å²) in [4.78, 5) is 7.96. The van der Waals surface area contributed by atoms with Crippen molar-refractivity contribution in [3.63, 3.8) is 0 Å². The van der Waals surface area contributed by atoms with E-state index in [-0.39, 0.29) is 26.9 Å². The minimum Gasteiger partial charge on any atom is -0.372 e. The molecule has 10 heteroatoms. The molecule has 0 unspecified atom stereocenters. The largest absolute Gasteiger partial charge is 0.372 e. The number of nitrogens with zero attached hydrogens (tertiary/aromatic N) is 4. The van der Waals surface area contributed by atoms with E-state index in [2.05, 4.69) is 30.9 Å². The fraction of sp³-hybridized carbons (Fsp3) is 0.318. The van der Waals surface area contributed by atoms with E-state index in [1.807, 2.05) is 35.2 Å². The van der Waals surface area contributed by atoms with Crippen molar-refractivity contribution in [3.05, 3.63) is 57.7 Å². The second-order valence-corrected chi connectivity index (χ2v) is 10.6. The Hall–Kier alpha value is -1.65. The van der Waals surface area contributed by atoms with E-state index in [1.54, 1.807) is 12.1 Å². The lowest BCUT2D eigenvalue weighted by molar-refractivity contribution is 0.521. The van der Waals surface area contributed by atoms with Crippen LogP contribution < -0.4 is 9.70 Å². The van der Waals surface area contributed by atoms with Gasteiger partial charge in [0.1, 0.15) is 4.90 Å². The third-order valence-electron chi connectivity index (χ3n) is 5.11. The molecule has 0 aliphatic carbocycles. The highest BCUT2D eigenvalue weighted by molar-refractivity contribution is 8.93. The average molecular weight is 560 g/mol. The number of halogens is 2. The van der Waals surface area contributed by atoms with E-state index in [9.17, 15) is 8.42 Å². The van der Waals surface area contributed by atoms with Gasteiger partial charge in [0.25, 0.3) is 0 Å². The number of anilines is 1. The van der Waals surface area contributed by atoms with E-state index in [4.69, 9.17) is 16.6 Å². The van der Waals surface area contributed by atoms with Gasteiger partial charge in [-0.3, -0.25) is 0 Å². The quantitative estimate of drug-likeness (QED) is 0.394. The van der Waals surface area contributed by atoms with Crippen LogP contribution in [0.5, 0.6) is 0 Å².